The number of nitrogens with zero attached hydrogens (tertiary/aromatic N) is 2. The van der Waals surface area contributed by atoms with Gasteiger partial charge in [0.2, 0.25) is 0 Å². The van der Waals surface area contributed by atoms with E-state index < -0.39 is 0 Å². The van der Waals surface area contributed by atoms with Gasteiger partial charge in [0.1, 0.15) is 0 Å². The zero-order chi connectivity index (χ0) is 15.4. The summed E-state index contributed by atoms with van der Waals surface area (Å²) in [4.78, 5) is 4.43. The van der Waals surface area contributed by atoms with Crippen LogP contribution in [0.15, 0.2) is 84.9 Å². The molecule has 0 heterocycles. The van der Waals surface area contributed by atoms with Crippen molar-refractivity contribution in [3.8, 4) is 0 Å². The van der Waals surface area contributed by atoms with Crippen LogP contribution in [0.1, 0.15) is 0 Å². The lowest BCUT2D eigenvalue weighted by Gasteiger charge is -2.28. The Morgan fingerprint density at radius 2 is 0.773 bits per heavy atom. The summed E-state index contributed by atoms with van der Waals surface area (Å²) in [5.74, 6) is 0. The van der Waals surface area contributed by atoms with Crippen molar-refractivity contribution in [3.05, 3.63) is 84.9 Å². The van der Waals surface area contributed by atoms with E-state index in [2.05, 4.69) is 96.7 Å². The Labute approximate surface area is 132 Å². The van der Waals surface area contributed by atoms with Crippen LogP contribution in [0, 0.1) is 0 Å². The fourth-order valence-electron chi connectivity index (χ4n) is 2.61. The van der Waals surface area contributed by atoms with Crippen LogP contribution in [0.3, 0.4) is 0 Å². The predicted molar refractivity (Wildman–Crippen MR) is 95.5 cm³/mol. The van der Waals surface area contributed by atoms with Crippen LogP contribution in [0.5, 0.6) is 0 Å². The third kappa shape index (κ3) is 2.82. The van der Waals surface area contributed by atoms with Crippen molar-refractivity contribution >= 4 is 22.7 Å². The molecule has 3 aromatic carbocycles. The number of hydrogen-bond donors (Lipinski definition) is 0. The molecule has 0 aliphatic heterocycles. The molecule has 0 bridgehead atoms. The third-order valence-corrected chi connectivity index (χ3v) is 3.89. The molecule has 0 aromatic heterocycles. The highest BCUT2D eigenvalue weighted by atomic mass is 15.2. The second-order valence-corrected chi connectivity index (χ2v) is 5.28. The van der Waals surface area contributed by atoms with Crippen molar-refractivity contribution in [1.29, 1.82) is 0 Å². The van der Waals surface area contributed by atoms with Crippen LogP contribution in [-0.4, -0.2) is 14.1 Å². The first-order chi connectivity index (χ1) is 10.8. The van der Waals surface area contributed by atoms with Crippen LogP contribution >= 0.6 is 0 Å². The van der Waals surface area contributed by atoms with Crippen molar-refractivity contribution in [2.24, 2.45) is 0 Å². The minimum atomic E-state index is 1.18. The summed E-state index contributed by atoms with van der Waals surface area (Å²) in [5.41, 5.74) is 4.72. The quantitative estimate of drug-likeness (QED) is 0.649. The molecular formula is C20H20N2. The van der Waals surface area contributed by atoms with Crippen LogP contribution in [0.25, 0.3) is 0 Å². The Morgan fingerprint density at radius 3 is 1.14 bits per heavy atom. The summed E-state index contributed by atoms with van der Waals surface area (Å²) >= 11 is 0. The minimum absolute atomic E-state index is 1.18. The Hall–Kier alpha value is -2.74. The number of anilines is 4. The maximum atomic E-state index is 2.22. The monoisotopic (exact) mass is 288 g/mol. The van der Waals surface area contributed by atoms with Gasteiger partial charge >= 0.3 is 0 Å². The summed E-state index contributed by atoms with van der Waals surface area (Å²) in [5, 5.41) is 0. The molecule has 3 aromatic rings. The van der Waals surface area contributed by atoms with Gasteiger partial charge in [0.15, 0.2) is 0 Å². The van der Waals surface area contributed by atoms with Gasteiger partial charge in [-0.25, -0.2) is 0 Å². The van der Waals surface area contributed by atoms with Gasteiger partial charge in [-0.2, -0.15) is 0 Å². The lowest BCUT2D eigenvalue weighted by molar-refractivity contribution is 1.15. The maximum absolute atomic E-state index is 2.22. The van der Waals surface area contributed by atoms with E-state index in [0.29, 0.717) is 0 Å². The van der Waals surface area contributed by atoms with Gasteiger partial charge < -0.3 is 9.80 Å². The van der Waals surface area contributed by atoms with Crippen LogP contribution in [0.4, 0.5) is 22.7 Å². The van der Waals surface area contributed by atoms with E-state index >= 15 is 0 Å². The standard InChI is InChI=1S/C20H20N2/c1-21(17-11-5-3-6-12-17)19-15-9-10-16-20(19)22(2)18-13-7-4-8-14-18/h3-16H,1-2H3. The molecule has 0 saturated heterocycles. The fourth-order valence-corrected chi connectivity index (χ4v) is 2.61. The molecule has 0 atom stereocenters. The van der Waals surface area contributed by atoms with Crippen molar-refractivity contribution in [1.82, 2.24) is 0 Å². The van der Waals surface area contributed by atoms with Gasteiger partial charge in [-0.3, -0.25) is 0 Å². The van der Waals surface area contributed by atoms with Crippen molar-refractivity contribution in [2.45, 2.75) is 0 Å². The van der Waals surface area contributed by atoms with E-state index in [-0.39, 0.29) is 0 Å². The molecule has 0 unspecified atom stereocenters. The third-order valence-electron chi connectivity index (χ3n) is 3.89. The molecular weight excluding hydrogens is 268 g/mol. The van der Waals surface area contributed by atoms with Gasteiger partial charge in [0, 0.05) is 25.5 Å². The molecule has 110 valence electrons. The zero-order valence-electron chi connectivity index (χ0n) is 13.0. The smallest absolute Gasteiger partial charge is 0.0649 e. The first-order valence-electron chi connectivity index (χ1n) is 7.44. The van der Waals surface area contributed by atoms with Crippen LogP contribution in [0.2, 0.25) is 0 Å². The normalized spacial score (nSPS) is 10.3. The molecule has 22 heavy (non-hydrogen) atoms. The van der Waals surface area contributed by atoms with Gasteiger partial charge in [-0.1, -0.05) is 48.5 Å². The van der Waals surface area contributed by atoms with Gasteiger partial charge in [0.25, 0.3) is 0 Å². The van der Waals surface area contributed by atoms with Crippen LogP contribution < -0.4 is 9.80 Å². The molecule has 2 nitrogen and oxygen atoms in total. The van der Waals surface area contributed by atoms with Crippen molar-refractivity contribution in [3.63, 3.8) is 0 Å². The highest BCUT2D eigenvalue weighted by Gasteiger charge is 2.12. The largest absolute Gasteiger partial charge is 0.343 e. The van der Waals surface area contributed by atoms with Crippen LogP contribution in [-0.2, 0) is 0 Å². The minimum Gasteiger partial charge on any atom is -0.343 e. The Kier molecular flexibility index (Phi) is 4.10. The number of benzene rings is 3. The van der Waals surface area contributed by atoms with E-state index in [9.17, 15) is 0 Å². The van der Waals surface area contributed by atoms with Crippen molar-refractivity contribution < 1.29 is 0 Å². The van der Waals surface area contributed by atoms with E-state index in [4.69, 9.17) is 0 Å². The summed E-state index contributed by atoms with van der Waals surface area (Å²) in [7, 11) is 4.21. The highest BCUT2D eigenvalue weighted by Crippen LogP contribution is 2.35. The van der Waals surface area contributed by atoms with E-state index in [0.717, 1.165) is 0 Å². The maximum Gasteiger partial charge on any atom is 0.0649 e. The Balaban J connectivity index is 2.00. The summed E-state index contributed by atoms with van der Waals surface area (Å²) in [6.45, 7) is 0. The second kappa shape index (κ2) is 6.35. The molecule has 0 aliphatic carbocycles. The average Bonchev–Trinajstić information content (AvgIpc) is 2.62. The molecule has 3 rings (SSSR count). The molecule has 2 heteroatoms. The molecule has 0 radical (unpaired) electrons. The van der Waals surface area contributed by atoms with Gasteiger partial charge in [0.05, 0.1) is 11.4 Å². The van der Waals surface area contributed by atoms with Crippen molar-refractivity contribution in [2.75, 3.05) is 23.9 Å². The lowest BCUT2D eigenvalue weighted by Crippen LogP contribution is -2.16. The number of hydrogen-bond acceptors (Lipinski definition) is 2. The Bertz CT molecular complexity index is 658. The summed E-state index contributed by atoms with van der Waals surface area (Å²) in [6, 6.07) is 29.3. The summed E-state index contributed by atoms with van der Waals surface area (Å²) < 4.78 is 0. The first-order valence-corrected chi connectivity index (χ1v) is 7.44. The van der Waals surface area contributed by atoms with Gasteiger partial charge in [-0.15, -0.1) is 0 Å². The second-order valence-electron chi connectivity index (χ2n) is 5.28. The number of para-hydroxylation sites is 4. The molecule has 0 amide bonds. The SMILES string of the molecule is CN(c1ccccc1)c1ccccc1N(C)c1ccccc1. The topological polar surface area (TPSA) is 6.48 Å². The molecule has 0 spiro atoms. The molecule has 0 fully saturated rings. The van der Waals surface area contributed by atoms with E-state index in [1.54, 1.807) is 0 Å². The van der Waals surface area contributed by atoms with Gasteiger partial charge in [-0.05, 0) is 36.4 Å². The molecule has 0 aliphatic rings. The van der Waals surface area contributed by atoms with E-state index in [1.807, 2.05) is 12.1 Å². The number of rotatable bonds is 4. The lowest BCUT2D eigenvalue weighted by atomic mass is 10.2. The highest BCUT2D eigenvalue weighted by molar-refractivity contribution is 5.80. The predicted octanol–water partition coefficient (Wildman–Crippen LogP) is 5.22. The zero-order valence-corrected chi connectivity index (χ0v) is 13.0. The molecule has 0 saturated carbocycles. The average molecular weight is 288 g/mol. The first kappa shape index (κ1) is 14.2. The molecule has 0 N–H and O–H groups in total. The fraction of sp³-hybridized carbons (Fsp3) is 0.100. The van der Waals surface area contributed by atoms with E-state index in [1.165, 1.54) is 22.7 Å². The Morgan fingerprint density at radius 1 is 0.455 bits per heavy atom. The summed E-state index contributed by atoms with van der Waals surface area (Å²) in [6.07, 6.45) is 0.